The van der Waals surface area contributed by atoms with Crippen LogP contribution in [0.2, 0.25) is 0 Å². The van der Waals surface area contributed by atoms with E-state index in [0.717, 1.165) is 24.8 Å². The van der Waals surface area contributed by atoms with Crippen molar-refractivity contribution in [1.82, 2.24) is 4.90 Å². The summed E-state index contributed by atoms with van der Waals surface area (Å²) in [6.45, 7) is 1.67. The number of hydrogen-bond acceptors (Lipinski definition) is 4. The Hall–Kier alpha value is -3.64. The van der Waals surface area contributed by atoms with E-state index in [0.29, 0.717) is 37.6 Å². The van der Waals surface area contributed by atoms with Crippen LogP contribution in [-0.2, 0) is 22.6 Å². The molecule has 6 heteroatoms. The molecule has 35 heavy (non-hydrogen) atoms. The molecule has 3 aromatic rings. The Morgan fingerprint density at radius 3 is 2.20 bits per heavy atom. The Labute approximate surface area is 207 Å². The minimum absolute atomic E-state index is 0.00928. The molecule has 1 unspecified atom stereocenters. The van der Waals surface area contributed by atoms with Crippen LogP contribution in [0, 0.1) is 0 Å². The molecule has 4 rings (SSSR count). The van der Waals surface area contributed by atoms with Gasteiger partial charge in [0.1, 0.15) is 18.9 Å². The molecule has 0 saturated carbocycles. The predicted octanol–water partition coefficient (Wildman–Crippen LogP) is 4.18. The van der Waals surface area contributed by atoms with Crippen molar-refractivity contribution in [1.29, 1.82) is 0 Å². The maximum atomic E-state index is 13.2. The maximum absolute atomic E-state index is 13.2. The summed E-state index contributed by atoms with van der Waals surface area (Å²) in [4.78, 5) is 29.5. The number of ether oxygens (including phenoxy) is 1. The zero-order valence-electron chi connectivity index (χ0n) is 20.0. The molecule has 3 aromatic carbocycles. The van der Waals surface area contributed by atoms with Crippen LogP contribution in [0.5, 0.6) is 5.75 Å². The van der Waals surface area contributed by atoms with Gasteiger partial charge in [-0.2, -0.15) is 0 Å². The van der Waals surface area contributed by atoms with E-state index in [2.05, 4.69) is 12.1 Å². The van der Waals surface area contributed by atoms with Gasteiger partial charge in [0.25, 0.3) is 0 Å². The molecule has 1 aliphatic rings. The average Bonchev–Trinajstić information content (AvgIpc) is 3.34. The topological polar surface area (TPSA) is 75.9 Å². The van der Waals surface area contributed by atoms with Gasteiger partial charge >= 0.3 is 0 Å². The lowest BCUT2D eigenvalue weighted by Gasteiger charge is -2.25. The first-order chi connectivity index (χ1) is 17.1. The first-order valence-corrected chi connectivity index (χ1v) is 12.2. The third kappa shape index (κ3) is 7.17. The number of carbonyl (C=O) groups excluding carboxylic acids is 2. The number of anilines is 1. The highest BCUT2D eigenvalue weighted by Crippen LogP contribution is 2.22. The van der Waals surface area contributed by atoms with Gasteiger partial charge in [-0.25, -0.2) is 0 Å². The second-order valence-electron chi connectivity index (χ2n) is 8.98. The first kappa shape index (κ1) is 24.5. The molecule has 6 nitrogen and oxygen atoms in total. The zero-order valence-corrected chi connectivity index (χ0v) is 20.0. The molecule has 1 heterocycles. The third-order valence-corrected chi connectivity index (χ3v) is 6.27. The standard InChI is InChI=1S/C29H33N3O3/c30-25-18-19-31(20-25)29(34)21-32(28(33)13-7-12-23-8-3-1-4-9-23)26-14-16-27(17-15-26)35-22-24-10-5-2-6-11-24/h1-6,8-11,14-17,25H,7,12-13,18-22,30H2. The monoisotopic (exact) mass is 471 g/mol. The van der Waals surface area contributed by atoms with Crippen molar-refractivity contribution in [3.8, 4) is 5.75 Å². The van der Waals surface area contributed by atoms with Gasteiger partial charge in [-0.3, -0.25) is 9.59 Å². The second kappa shape index (κ2) is 12.2. The highest BCUT2D eigenvalue weighted by Gasteiger charge is 2.27. The van der Waals surface area contributed by atoms with Crippen molar-refractivity contribution in [3.05, 3.63) is 96.1 Å². The van der Waals surface area contributed by atoms with Crippen molar-refractivity contribution in [2.75, 3.05) is 24.5 Å². The largest absolute Gasteiger partial charge is 0.489 e. The summed E-state index contributed by atoms with van der Waals surface area (Å²) in [5.74, 6) is 0.584. The summed E-state index contributed by atoms with van der Waals surface area (Å²) < 4.78 is 5.88. The quantitative estimate of drug-likeness (QED) is 0.481. The van der Waals surface area contributed by atoms with Gasteiger partial charge < -0.3 is 20.3 Å². The van der Waals surface area contributed by atoms with Crippen molar-refractivity contribution in [3.63, 3.8) is 0 Å². The van der Waals surface area contributed by atoms with Crippen LogP contribution in [0.15, 0.2) is 84.9 Å². The summed E-state index contributed by atoms with van der Waals surface area (Å²) in [5.41, 5.74) is 8.96. The Bertz CT molecular complexity index is 1090. The number of nitrogens with zero attached hydrogens (tertiary/aromatic N) is 2. The number of nitrogens with two attached hydrogens (primary N) is 1. The van der Waals surface area contributed by atoms with E-state index in [4.69, 9.17) is 10.5 Å². The molecule has 1 fully saturated rings. The molecule has 1 aliphatic heterocycles. The number of benzene rings is 3. The summed E-state index contributed by atoms with van der Waals surface area (Å²) in [7, 11) is 0. The number of rotatable bonds is 10. The molecule has 1 saturated heterocycles. The molecular weight excluding hydrogens is 438 g/mol. The fourth-order valence-electron chi connectivity index (χ4n) is 4.26. The average molecular weight is 472 g/mol. The Morgan fingerprint density at radius 2 is 1.57 bits per heavy atom. The lowest BCUT2D eigenvalue weighted by molar-refractivity contribution is -0.130. The zero-order chi connectivity index (χ0) is 24.5. The van der Waals surface area contributed by atoms with Crippen LogP contribution in [0.1, 0.15) is 30.4 Å². The normalized spacial score (nSPS) is 15.1. The van der Waals surface area contributed by atoms with Crippen LogP contribution in [0.4, 0.5) is 5.69 Å². The smallest absolute Gasteiger partial charge is 0.242 e. The van der Waals surface area contributed by atoms with E-state index in [1.807, 2.05) is 72.8 Å². The Balaban J connectivity index is 1.41. The Kier molecular flexibility index (Phi) is 8.52. The third-order valence-electron chi connectivity index (χ3n) is 6.27. The number of aryl methyl sites for hydroxylation is 1. The minimum Gasteiger partial charge on any atom is -0.489 e. The number of amides is 2. The molecule has 1 atom stereocenters. The van der Waals surface area contributed by atoms with E-state index in [1.54, 1.807) is 9.80 Å². The number of carbonyl (C=O) groups is 2. The summed E-state index contributed by atoms with van der Waals surface area (Å²) >= 11 is 0. The summed E-state index contributed by atoms with van der Waals surface area (Å²) in [6, 6.07) is 27.5. The van der Waals surface area contributed by atoms with Gasteiger partial charge in [-0.05, 0) is 54.7 Å². The highest BCUT2D eigenvalue weighted by atomic mass is 16.5. The van der Waals surface area contributed by atoms with Crippen LogP contribution in [0.3, 0.4) is 0 Å². The molecule has 0 radical (unpaired) electrons. The SMILES string of the molecule is NC1CCN(C(=O)CN(C(=O)CCCc2ccccc2)c2ccc(OCc3ccccc3)cc2)C1. The van der Waals surface area contributed by atoms with Gasteiger partial charge in [-0.1, -0.05) is 60.7 Å². The Morgan fingerprint density at radius 1 is 0.914 bits per heavy atom. The minimum atomic E-state index is -0.0706. The number of likely N-dealkylation sites (tertiary alicyclic amines) is 1. The lowest BCUT2D eigenvalue weighted by atomic mass is 10.1. The van der Waals surface area contributed by atoms with Gasteiger partial charge in [0.2, 0.25) is 11.8 Å². The predicted molar refractivity (Wildman–Crippen MR) is 138 cm³/mol. The van der Waals surface area contributed by atoms with E-state index < -0.39 is 0 Å². The molecule has 0 aliphatic carbocycles. The fraction of sp³-hybridized carbons (Fsp3) is 0.310. The van der Waals surface area contributed by atoms with Gasteiger partial charge in [0.15, 0.2) is 0 Å². The first-order valence-electron chi connectivity index (χ1n) is 12.2. The van der Waals surface area contributed by atoms with Crippen molar-refractivity contribution >= 4 is 17.5 Å². The van der Waals surface area contributed by atoms with Crippen LogP contribution >= 0.6 is 0 Å². The molecule has 0 spiro atoms. The highest BCUT2D eigenvalue weighted by molar-refractivity contribution is 5.98. The summed E-state index contributed by atoms with van der Waals surface area (Å²) in [6.07, 6.45) is 2.71. The molecule has 2 N–H and O–H groups in total. The molecule has 2 amide bonds. The molecular formula is C29H33N3O3. The second-order valence-corrected chi connectivity index (χ2v) is 8.98. The van der Waals surface area contributed by atoms with Crippen molar-refractivity contribution < 1.29 is 14.3 Å². The molecule has 0 aromatic heterocycles. The maximum Gasteiger partial charge on any atom is 0.242 e. The number of hydrogen-bond donors (Lipinski definition) is 1. The fourth-order valence-corrected chi connectivity index (χ4v) is 4.26. The molecule has 0 bridgehead atoms. The van der Waals surface area contributed by atoms with E-state index >= 15 is 0 Å². The summed E-state index contributed by atoms with van der Waals surface area (Å²) in [5, 5.41) is 0. The van der Waals surface area contributed by atoms with Gasteiger partial charge in [-0.15, -0.1) is 0 Å². The van der Waals surface area contributed by atoms with Crippen LogP contribution in [-0.4, -0.2) is 42.4 Å². The molecule has 182 valence electrons. The van der Waals surface area contributed by atoms with Crippen molar-refractivity contribution in [2.45, 2.75) is 38.3 Å². The van der Waals surface area contributed by atoms with E-state index in [9.17, 15) is 9.59 Å². The lowest BCUT2D eigenvalue weighted by Crippen LogP contribution is -2.43. The van der Waals surface area contributed by atoms with Gasteiger partial charge in [0, 0.05) is 31.2 Å². The van der Waals surface area contributed by atoms with Crippen LogP contribution < -0.4 is 15.4 Å². The van der Waals surface area contributed by atoms with Crippen molar-refractivity contribution in [2.24, 2.45) is 5.73 Å². The van der Waals surface area contributed by atoms with Crippen LogP contribution in [0.25, 0.3) is 0 Å². The van der Waals surface area contributed by atoms with Gasteiger partial charge in [0.05, 0.1) is 0 Å². The van der Waals surface area contributed by atoms with E-state index in [-0.39, 0.29) is 24.4 Å². The van der Waals surface area contributed by atoms with E-state index in [1.165, 1.54) is 5.56 Å².